The van der Waals surface area contributed by atoms with Crippen LogP contribution in [0.3, 0.4) is 0 Å². The summed E-state index contributed by atoms with van der Waals surface area (Å²) in [5.74, 6) is 0.414. The first-order chi connectivity index (χ1) is 9.70. The highest BCUT2D eigenvalue weighted by atomic mass is 35.5. The minimum atomic E-state index is -0.270. The predicted octanol–water partition coefficient (Wildman–Crippen LogP) is 2.96. The van der Waals surface area contributed by atoms with Crippen LogP contribution in [0.4, 0.5) is 11.5 Å². The summed E-state index contributed by atoms with van der Waals surface area (Å²) < 4.78 is 0. The SMILES string of the molecule is O=C(Nc1ccc(Cl)cc1)c1cc(NC2CC2)ncn1. The zero-order valence-electron chi connectivity index (χ0n) is 10.6. The highest BCUT2D eigenvalue weighted by Crippen LogP contribution is 2.23. The molecule has 1 heterocycles. The number of nitrogens with one attached hydrogen (secondary N) is 2. The molecule has 0 saturated heterocycles. The van der Waals surface area contributed by atoms with E-state index in [-0.39, 0.29) is 5.91 Å². The normalized spacial score (nSPS) is 13.8. The number of halogens is 1. The zero-order chi connectivity index (χ0) is 13.9. The van der Waals surface area contributed by atoms with Crippen LogP contribution in [-0.4, -0.2) is 21.9 Å². The maximum atomic E-state index is 12.1. The number of rotatable bonds is 4. The monoisotopic (exact) mass is 288 g/mol. The van der Waals surface area contributed by atoms with Gasteiger partial charge in [-0.05, 0) is 37.1 Å². The van der Waals surface area contributed by atoms with Crippen LogP contribution in [0.1, 0.15) is 23.3 Å². The first kappa shape index (κ1) is 12.9. The van der Waals surface area contributed by atoms with Gasteiger partial charge in [-0.3, -0.25) is 4.79 Å². The molecule has 3 rings (SSSR count). The van der Waals surface area contributed by atoms with E-state index in [0.717, 1.165) is 12.8 Å². The lowest BCUT2D eigenvalue weighted by Crippen LogP contribution is -2.15. The summed E-state index contributed by atoms with van der Waals surface area (Å²) in [6.45, 7) is 0. The molecule has 0 bridgehead atoms. The van der Waals surface area contributed by atoms with Crippen molar-refractivity contribution in [3.63, 3.8) is 0 Å². The van der Waals surface area contributed by atoms with E-state index >= 15 is 0 Å². The van der Waals surface area contributed by atoms with Gasteiger partial charge in [0.2, 0.25) is 0 Å². The molecule has 0 radical (unpaired) electrons. The number of hydrogen-bond acceptors (Lipinski definition) is 4. The summed E-state index contributed by atoms with van der Waals surface area (Å²) in [7, 11) is 0. The standard InChI is InChI=1S/C14H13ClN4O/c15-9-1-3-11(4-2-9)19-14(20)12-7-13(17-8-16-12)18-10-5-6-10/h1-4,7-8,10H,5-6H2,(H,19,20)(H,16,17,18). The maximum Gasteiger partial charge on any atom is 0.274 e. The molecule has 0 aliphatic heterocycles. The highest BCUT2D eigenvalue weighted by Gasteiger charge is 2.21. The summed E-state index contributed by atoms with van der Waals surface area (Å²) in [6.07, 6.45) is 3.69. The van der Waals surface area contributed by atoms with Crippen molar-refractivity contribution >= 4 is 29.0 Å². The Morgan fingerprint density at radius 2 is 1.95 bits per heavy atom. The summed E-state index contributed by atoms with van der Waals surface area (Å²) >= 11 is 5.80. The van der Waals surface area contributed by atoms with Crippen LogP contribution in [-0.2, 0) is 0 Å². The van der Waals surface area contributed by atoms with E-state index in [1.165, 1.54) is 6.33 Å². The maximum absolute atomic E-state index is 12.1. The molecule has 1 fully saturated rings. The molecule has 1 aliphatic carbocycles. The van der Waals surface area contributed by atoms with E-state index in [0.29, 0.717) is 28.3 Å². The Morgan fingerprint density at radius 3 is 2.65 bits per heavy atom. The van der Waals surface area contributed by atoms with Gasteiger partial charge in [0.1, 0.15) is 17.8 Å². The third-order valence-corrected chi connectivity index (χ3v) is 3.18. The Labute approximate surface area is 121 Å². The molecule has 2 N–H and O–H groups in total. The summed E-state index contributed by atoms with van der Waals surface area (Å²) in [6, 6.07) is 9.06. The van der Waals surface area contributed by atoms with Crippen LogP contribution >= 0.6 is 11.6 Å². The van der Waals surface area contributed by atoms with Gasteiger partial charge >= 0.3 is 0 Å². The molecule has 1 amide bonds. The predicted molar refractivity (Wildman–Crippen MR) is 78.1 cm³/mol. The second-order valence-electron chi connectivity index (χ2n) is 4.67. The Hall–Kier alpha value is -2.14. The van der Waals surface area contributed by atoms with Gasteiger partial charge in [-0.25, -0.2) is 9.97 Å². The van der Waals surface area contributed by atoms with E-state index < -0.39 is 0 Å². The quantitative estimate of drug-likeness (QED) is 0.908. The molecule has 20 heavy (non-hydrogen) atoms. The summed E-state index contributed by atoms with van der Waals surface area (Å²) in [5.41, 5.74) is 1.01. The Kier molecular flexibility index (Phi) is 3.52. The van der Waals surface area contributed by atoms with Crippen molar-refractivity contribution in [2.24, 2.45) is 0 Å². The molecule has 5 nitrogen and oxygen atoms in total. The summed E-state index contributed by atoms with van der Waals surface area (Å²) in [5, 5.41) is 6.63. The highest BCUT2D eigenvalue weighted by molar-refractivity contribution is 6.30. The van der Waals surface area contributed by atoms with Crippen LogP contribution in [0.2, 0.25) is 5.02 Å². The number of benzene rings is 1. The Bertz CT molecular complexity index is 625. The number of hydrogen-bond donors (Lipinski definition) is 2. The molecule has 0 spiro atoms. The number of carbonyl (C=O) groups is 1. The second kappa shape index (κ2) is 5.46. The van der Waals surface area contributed by atoms with Crippen LogP contribution in [0, 0.1) is 0 Å². The van der Waals surface area contributed by atoms with Gasteiger partial charge in [-0.15, -0.1) is 0 Å². The first-order valence-electron chi connectivity index (χ1n) is 6.36. The molecule has 2 aromatic rings. The molecule has 1 aromatic carbocycles. The lowest BCUT2D eigenvalue weighted by Gasteiger charge is -2.07. The summed E-state index contributed by atoms with van der Waals surface area (Å²) in [4.78, 5) is 20.2. The molecule has 102 valence electrons. The molecular weight excluding hydrogens is 276 g/mol. The molecular formula is C14H13ClN4O. The van der Waals surface area contributed by atoms with Crippen molar-refractivity contribution in [3.8, 4) is 0 Å². The van der Waals surface area contributed by atoms with Crippen molar-refractivity contribution in [2.45, 2.75) is 18.9 Å². The van der Waals surface area contributed by atoms with Crippen LogP contribution < -0.4 is 10.6 Å². The molecule has 1 aromatic heterocycles. The average molecular weight is 289 g/mol. The Balaban J connectivity index is 1.71. The lowest BCUT2D eigenvalue weighted by atomic mass is 10.3. The van der Waals surface area contributed by atoms with Gasteiger partial charge < -0.3 is 10.6 Å². The smallest absolute Gasteiger partial charge is 0.274 e. The van der Waals surface area contributed by atoms with Gasteiger partial charge in [0.05, 0.1) is 0 Å². The fraction of sp³-hybridized carbons (Fsp3) is 0.214. The van der Waals surface area contributed by atoms with E-state index in [2.05, 4.69) is 20.6 Å². The minimum Gasteiger partial charge on any atom is -0.367 e. The van der Waals surface area contributed by atoms with Crippen molar-refractivity contribution in [1.29, 1.82) is 0 Å². The van der Waals surface area contributed by atoms with Gasteiger partial charge in [0.15, 0.2) is 0 Å². The van der Waals surface area contributed by atoms with Crippen molar-refractivity contribution in [2.75, 3.05) is 10.6 Å². The van der Waals surface area contributed by atoms with E-state index in [1.807, 2.05) is 0 Å². The number of anilines is 2. The van der Waals surface area contributed by atoms with E-state index in [4.69, 9.17) is 11.6 Å². The van der Waals surface area contributed by atoms with Crippen LogP contribution in [0.25, 0.3) is 0 Å². The van der Waals surface area contributed by atoms with Gasteiger partial charge in [-0.2, -0.15) is 0 Å². The molecule has 0 atom stereocenters. The fourth-order valence-electron chi connectivity index (χ4n) is 1.73. The zero-order valence-corrected chi connectivity index (χ0v) is 11.4. The average Bonchev–Trinajstić information content (AvgIpc) is 3.25. The third kappa shape index (κ3) is 3.24. The Morgan fingerprint density at radius 1 is 1.20 bits per heavy atom. The molecule has 1 aliphatic rings. The third-order valence-electron chi connectivity index (χ3n) is 2.93. The van der Waals surface area contributed by atoms with Crippen molar-refractivity contribution in [3.05, 3.63) is 47.4 Å². The first-order valence-corrected chi connectivity index (χ1v) is 6.74. The van der Waals surface area contributed by atoms with Gasteiger partial charge in [0, 0.05) is 22.8 Å². The second-order valence-corrected chi connectivity index (χ2v) is 5.10. The van der Waals surface area contributed by atoms with Crippen molar-refractivity contribution in [1.82, 2.24) is 9.97 Å². The number of amides is 1. The van der Waals surface area contributed by atoms with Gasteiger partial charge in [-0.1, -0.05) is 11.6 Å². The van der Waals surface area contributed by atoms with E-state index in [9.17, 15) is 4.79 Å². The van der Waals surface area contributed by atoms with Crippen LogP contribution in [0.15, 0.2) is 36.7 Å². The molecule has 6 heteroatoms. The number of carbonyl (C=O) groups excluding carboxylic acids is 1. The fourth-order valence-corrected chi connectivity index (χ4v) is 1.85. The van der Waals surface area contributed by atoms with Gasteiger partial charge in [0.25, 0.3) is 5.91 Å². The molecule has 0 unspecified atom stereocenters. The lowest BCUT2D eigenvalue weighted by molar-refractivity contribution is 0.102. The van der Waals surface area contributed by atoms with Crippen molar-refractivity contribution < 1.29 is 4.79 Å². The minimum absolute atomic E-state index is 0.270. The number of nitrogens with zero attached hydrogens (tertiary/aromatic N) is 2. The largest absolute Gasteiger partial charge is 0.367 e. The van der Waals surface area contributed by atoms with Crippen LogP contribution in [0.5, 0.6) is 0 Å². The topological polar surface area (TPSA) is 66.9 Å². The number of aromatic nitrogens is 2. The molecule has 1 saturated carbocycles. The van der Waals surface area contributed by atoms with E-state index in [1.54, 1.807) is 30.3 Å².